The molecule has 86 valence electrons. The van der Waals surface area contributed by atoms with Gasteiger partial charge in [-0.1, -0.05) is 50.8 Å². The van der Waals surface area contributed by atoms with E-state index in [1.165, 1.54) is 48.6 Å². The maximum atomic E-state index is 2.34. The zero-order valence-corrected chi connectivity index (χ0v) is 10.9. The molecule has 1 heterocycles. The maximum Gasteiger partial charge on any atom is 0.0345 e. The van der Waals surface area contributed by atoms with Crippen molar-refractivity contribution in [1.82, 2.24) is 0 Å². The summed E-state index contributed by atoms with van der Waals surface area (Å²) in [6.45, 7) is 2.27. The highest BCUT2D eigenvalue weighted by molar-refractivity contribution is 7.17. The first-order valence-electron chi connectivity index (χ1n) is 6.37. The minimum absolute atomic E-state index is 1.26. The fourth-order valence-electron chi connectivity index (χ4n) is 2.15. The summed E-state index contributed by atoms with van der Waals surface area (Å²) in [7, 11) is 0. The molecule has 0 saturated heterocycles. The maximum absolute atomic E-state index is 2.34. The molecule has 0 unspecified atom stereocenters. The van der Waals surface area contributed by atoms with Crippen LogP contribution >= 0.6 is 11.3 Å². The monoisotopic (exact) mass is 232 g/mol. The molecule has 0 aliphatic rings. The highest BCUT2D eigenvalue weighted by Gasteiger charge is 2.02. The van der Waals surface area contributed by atoms with E-state index in [0.29, 0.717) is 0 Å². The lowest BCUT2D eigenvalue weighted by molar-refractivity contribution is 0.633. The van der Waals surface area contributed by atoms with E-state index in [1.807, 2.05) is 11.3 Å². The van der Waals surface area contributed by atoms with Crippen LogP contribution in [0.5, 0.6) is 0 Å². The van der Waals surface area contributed by atoms with Crippen LogP contribution in [0.3, 0.4) is 0 Å². The Labute approximate surface area is 102 Å². The minimum Gasteiger partial charge on any atom is -0.144 e. The largest absolute Gasteiger partial charge is 0.144 e. The van der Waals surface area contributed by atoms with Crippen molar-refractivity contribution in [3.63, 3.8) is 0 Å². The molecule has 0 spiro atoms. The lowest BCUT2D eigenvalue weighted by Crippen LogP contribution is -1.84. The van der Waals surface area contributed by atoms with Crippen molar-refractivity contribution in [2.45, 2.75) is 45.4 Å². The normalized spacial score (nSPS) is 11.1. The quantitative estimate of drug-likeness (QED) is 0.584. The van der Waals surface area contributed by atoms with Crippen molar-refractivity contribution in [2.24, 2.45) is 0 Å². The Kier molecular flexibility index (Phi) is 4.41. The third kappa shape index (κ3) is 2.85. The van der Waals surface area contributed by atoms with Crippen molar-refractivity contribution in [2.75, 3.05) is 0 Å². The first-order valence-corrected chi connectivity index (χ1v) is 7.25. The van der Waals surface area contributed by atoms with Gasteiger partial charge in [-0.15, -0.1) is 11.3 Å². The number of hydrogen-bond acceptors (Lipinski definition) is 1. The van der Waals surface area contributed by atoms with E-state index in [0.717, 1.165) is 0 Å². The second kappa shape index (κ2) is 6.05. The van der Waals surface area contributed by atoms with E-state index in [9.17, 15) is 0 Å². The van der Waals surface area contributed by atoms with Gasteiger partial charge in [0.25, 0.3) is 0 Å². The zero-order valence-electron chi connectivity index (χ0n) is 10.0. The molecule has 0 atom stereocenters. The molecule has 0 aliphatic carbocycles. The number of aryl methyl sites for hydroxylation is 1. The Morgan fingerprint density at radius 1 is 1.00 bits per heavy atom. The summed E-state index contributed by atoms with van der Waals surface area (Å²) in [5.41, 5.74) is 1.55. The van der Waals surface area contributed by atoms with Crippen molar-refractivity contribution in [3.8, 4) is 0 Å². The molecule has 0 saturated carbocycles. The van der Waals surface area contributed by atoms with Crippen LogP contribution in [0.2, 0.25) is 0 Å². The Balaban J connectivity index is 1.89. The van der Waals surface area contributed by atoms with Crippen LogP contribution in [0.1, 0.15) is 44.6 Å². The van der Waals surface area contributed by atoms with Crippen LogP contribution in [0.4, 0.5) is 0 Å². The van der Waals surface area contributed by atoms with Gasteiger partial charge in [0.05, 0.1) is 0 Å². The molecule has 0 bridgehead atoms. The molecule has 2 rings (SSSR count). The number of hydrogen-bond donors (Lipinski definition) is 0. The Hall–Kier alpha value is -0.820. The van der Waals surface area contributed by atoms with E-state index in [2.05, 4.69) is 36.6 Å². The van der Waals surface area contributed by atoms with Gasteiger partial charge in [-0.25, -0.2) is 0 Å². The highest BCUT2D eigenvalue weighted by Crippen LogP contribution is 2.26. The van der Waals surface area contributed by atoms with Crippen LogP contribution in [0.25, 0.3) is 10.1 Å². The Morgan fingerprint density at radius 3 is 2.69 bits per heavy atom. The fourth-order valence-corrected chi connectivity index (χ4v) is 3.14. The molecular weight excluding hydrogens is 212 g/mol. The van der Waals surface area contributed by atoms with Gasteiger partial charge in [0.1, 0.15) is 0 Å². The summed E-state index contributed by atoms with van der Waals surface area (Å²) in [4.78, 5) is 0. The van der Waals surface area contributed by atoms with E-state index < -0.39 is 0 Å². The summed E-state index contributed by atoms with van der Waals surface area (Å²) in [5.74, 6) is 0. The van der Waals surface area contributed by atoms with Crippen LogP contribution in [0, 0.1) is 0 Å². The van der Waals surface area contributed by atoms with Crippen molar-refractivity contribution in [3.05, 3.63) is 35.2 Å². The third-order valence-electron chi connectivity index (χ3n) is 3.11. The molecule has 2 aromatic rings. The Bertz CT molecular complexity index is 428. The first-order chi connectivity index (χ1) is 7.92. The van der Waals surface area contributed by atoms with E-state index in [-0.39, 0.29) is 0 Å². The van der Waals surface area contributed by atoms with Crippen LogP contribution in [0.15, 0.2) is 29.6 Å². The van der Waals surface area contributed by atoms with E-state index >= 15 is 0 Å². The van der Waals surface area contributed by atoms with Gasteiger partial charge in [-0.3, -0.25) is 0 Å². The summed E-state index contributed by atoms with van der Waals surface area (Å²) in [6, 6.07) is 8.76. The molecule has 1 heteroatoms. The van der Waals surface area contributed by atoms with E-state index in [4.69, 9.17) is 0 Å². The van der Waals surface area contributed by atoms with Crippen molar-refractivity contribution >= 4 is 21.4 Å². The van der Waals surface area contributed by atoms with Gasteiger partial charge in [-0.05, 0) is 35.2 Å². The van der Waals surface area contributed by atoms with Crippen LogP contribution in [-0.2, 0) is 6.42 Å². The lowest BCUT2D eigenvalue weighted by Gasteiger charge is -2.00. The van der Waals surface area contributed by atoms with Gasteiger partial charge >= 0.3 is 0 Å². The first kappa shape index (κ1) is 11.7. The molecule has 1 aromatic heterocycles. The SMILES string of the molecule is CCCCCCCc1csc2ccccc12. The number of thiophene rings is 1. The van der Waals surface area contributed by atoms with Crippen LogP contribution < -0.4 is 0 Å². The second-order valence-corrected chi connectivity index (χ2v) is 5.33. The molecule has 1 aromatic carbocycles. The summed E-state index contributed by atoms with van der Waals surface area (Å²) < 4.78 is 1.44. The smallest absolute Gasteiger partial charge is 0.0345 e. The van der Waals surface area contributed by atoms with Gasteiger partial charge in [0.15, 0.2) is 0 Å². The van der Waals surface area contributed by atoms with Gasteiger partial charge in [-0.2, -0.15) is 0 Å². The molecule has 16 heavy (non-hydrogen) atoms. The molecular formula is C15H20S. The molecule has 0 aliphatic heterocycles. The van der Waals surface area contributed by atoms with Gasteiger partial charge in [0, 0.05) is 4.70 Å². The topological polar surface area (TPSA) is 0 Å². The predicted molar refractivity (Wildman–Crippen MR) is 74.3 cm³/mol. The van der Waals surface area contributed by atoms with Crippen molar-refractivity contribution < 1.29 is 0 Å². The number of fused-ring (bicyclic) bond motifs is 1. The standard InChI is InChI=1S/C15H20S/c1-2-3-4-5-6-9-13-12-16-15-11-8-7-10-14(13)15/h7-8,10-12H,2-6,9H2,1H3. The summed E-state index contributed by atoms with van der Waals surface area (Å²) >= 11 is 1.88. The van der Waals surface area contributed by atoms with Crippen LogP contribution in [-0.4, -0.2) is 0 Å². The Morgan fingerprint density at radius 2 is 1.81 bits per heavy atom. The van der Waals surface area contributed by atoms with Gasteiger partial charge in [0.2, 0.25) is 0 Å². The summed E-state index contributed by atoms with van der Waals surface area (Å²) in [5, 5.41) is 3.81. The lowest BCUT2D eigenvalue weighted by atomic mass is 10.1. The van der Waals surface area contributed by atoms with Gasteiger partial charge < -0.3 is 0 Å². The second-order valence-electron chi connectivity index (χ2n) is 4.42. The van der Waals surface area contributed by atoms with Crippen molar-refractivity contribution in [1.29, 1.82) is 0 Å². The number of unbranched alkanes of at least 4 members (excludes halogenated alkanes) is 4. The average molecular weight is 232 g/mol. The fraction of sp³-hybridized carbons (Fsp3) is 0.467. The third-order valence-corrected chi connectivity index (χ3v) is 4.12. The predicted octanol–water partition coefficient (Wildman–Crippen LogP) is 5.41. The number of rotatable bonds is 6. The molecule has 0 radical (unpaired) electrons. The zero-order chi connectivity index (χ0) is 11.2. The van der Waals surface area contributed by atoms with E-state index in [1.54, 1.807) is 5.56 Å². The highest BCUT2D eigenvalue weighted by atomic mass is 32.1. The molecule has 0 amide bonds. The minimum atomic E-state index is 1.26. The summed E-state index contributed by atoms with van der Waals surface area (Å²) in [6.07, 6.45) is 8.12. The molecule has 0 fully saturated rings. The number of benzene rings is 1. The average Bonchev–Trinajstić information content (AvgIpc) is 2.73. The molecule has 0 N–H and O–H groups in total. The molecule has 0 nitrogen and oxygen atoms in total.